The molecule has 1 aliphatic rings. The lowest BCUT2D eigenvalue weighted by molar-refractivity contribution is -0.135. The highest BCUT2D eigenvalue weighted by molar-refractivity contribution is 6.30. The van der Waals surface area contributed by atoms with E-state index in [1.807, 2.05) is 24.1 Å². The highest BCUT2D eigenvalue weighted by atomic mass is 35.5. The van der Waals surface area contributed by atoms with Crippen molar-refractivity contribution in [2.24, 2.45) is 0 Å². The molecule has 0 saturated carbocycles. The summed E-state index contributed by atoms with van der Waals surface area (Å²) in [7, 11) is 2.02. The van der Waals surface area contributed by atoms with Crippen molar-refractivity contribution in [3.05, 3.63) is 40.7 Å². The van der Waals surface area contributed by atoms with Crippen molar-refractivity contribution >= 4 is 17.5 Å². The Hall–Kier alpha value is -1.99. The van der Waals surface area contributed by atoms with Crippen LogP contribution in [0.4, 0.5) is 0 Å². The van der Waals surface area contributed by atoms with E-state index in [1.54, 1.807) is 12.1 Å². The zero-order valence-electron chi connectivity index (χ0n) is 12.2. The molecule has 1 unspecified atom stereocenters. The Morgan fingerprint density at radius 3 is 2.82 bits per heavy atom. The summed E-state index contributed by atoms with van der Waals surface area (Å²) in [5, 5.41) is 14.8. The Labute approximate surface area is 133 Å². The van der Waals surface area contributed by atoms with E-state index in [2.05, 4.69) is 25.5 Å². The number of aromatic nitrogens is 4. The summed E-state index contributed by atoms with van der Waals surface area (Å²) in [6, 6.07) is 7.17. The number of hydrogen-bond acceptors (Lipinski definition) is 5. The average molecular weight is 321 g/mol. The normalized spacial score (nSPS) is 19.4. The van der Waals surface area contributed by atoms with Gasteiger partial charge in [-0.25, -0.2) is 0 Å². The highest BCUT2D eigenvalue weighted by Gasteiger charge is 2.32. The number of rotatable bonds is 3. The second-order valence-electron chi connectivity index (χ2n) is 5.44. The van der Waals surface area contributed by atoms with Crippen molar-refractivity contribution in [3.8, 4) is 0 Å². The molecule has 3 rings (SSSR count). The Kier molecular flexibility index (Phi) is 4.35. The molecule has 22 heavy (non-hydrogen) atoms. The molecule has 2 aromatic rings. The molecule has 1 saturated heterocycles. The van der Waals surface area contributed by atoms with Crippen LogP contribution in [0.25, 0.3) is 0 Å². The quantitative estimate of drug-likeness (QED) is 0.909. The monoisotopic (exact) mass is 320 g/mol. The van der Waals surface area contributed by atoms with Crippen LogP contribution in [-0.2, 0) is 11.2 Å². The third kappa shape index (κ3) is 3.26. The molecular weight excluding hydrogens is 304 g/mol. The summed E-state index contributed by atoms with van der Waals surface area (Å²) in [4.78, 5) is 16.6. The van der Waals surface area contributed by atoms with Crippen LogP contribution in [0.3, 0.4) is 0 Å². The predicted octanol–water partition coefficient (Wildman–Crippen LogP) is 0.911. The SMILES string of the molecule is CN1CCN(C(=O)Cc2ccc(Cl)cc2)C(c2nn[nH]n2)C1. The molecule has 0 spiro atoms. The first-order valence-electron chi connectivity index (χ1n) is 7.09. The van der Waals surface area contributed by atoms with Gasteiger partial charge in [0.25, 0.3) is 0 Å². The number of hydrogen-bond donors (Lipinski definition) is 1. The molecule has 0 bridgehead atoms. The van der Waals surface area contributed by atoms with Crippen molar-refractivity contribution in [1.29, 1.82) is 0 Å². The van der Waals surface area contributed by atoms with Gasteiger partial charge in [0.05, 0.1) is 6.42 Å². The van der Waals surface area contributed by atoms with Crippen molar-refractivity contribution in [3.63, 3.8) is 0 Å². The maximum absolute atomic E-state index is 12.7. The molecule has 1 amide bonds. The van der Waals surface area contributed by atoms with Crippen molar-refractivity contribution in [2.45, 2.75) is 12.5 Å². The van der Waals surface area contributed by atoms with E-state index in [-0.39, 0.29) is 11.9 Å². The Balaban J connectivity index is 1.75. The van der Waals surface area contributed by atoms with E-state index in [4.69, 9.17) is 11.6 Å². The molecule has 116 valence electrons. The number of aromatic amines is 1. The maximum Gasteiger partial charge on any atom is 0.227 e. The zero-order chi connectivity index (χ0) is 15.5. The van der Waals surface area contributed by atoms with Gasteiger partial charge in [-0.15, -0.1) is 10.2 Å². The molecule has 0 aliphatic carbocycles. The van der Waals surface area contributed by atoms with Crippen molar-refractivity contribution in [1.82, 2.24) is 30.4 Å². The number of tetrazole rings is 1. The molecule has 7 nitrogen and oxygen atoms in total. The summed E-state index contributed by atoms with van der Waals surface area (Å²) in [6.45, 7) is 2.19. The number of nitrogens with one attached hydrogen (secondary N) is 1. The fourth-order valence-electron chi connectivity index (χ4n) is 2.63. The summed E-state index contributed by atoms with van der Waals surface area (Å²) in [5.74, 6) is 0.612. The molecule has 1 atom stereocenters. The maximum atomic E-state index is 12.7. The molecule has 8 heteroatoms. The largest absolute Gasteiger partial charge is 0.329 e. The molecular formula is C14H17ClN6O. The lowest BCUT2D eigenvalue weighted by atomic mass is 10.1. The Morgan fingerprint density at radius 1 is 1.36 bits per heavy atom. The first-order valence-corrected chi connectivity index (χ1v) is 7.47. The van der Waals surface area contributed by atoms with Gasteiger partial charge >= 0.3 is 0 Å². The minimum Gasteiger partial charge on any atom is -0.329 e. The third-order valence-electron chi connectivity index (χ3n) is 3.83. The van der Waals surface area contributed by atoms with Gasteiger partial charge in [-0.2, -0.15) is 5.21 Å². The molecule has 0 radical (unpaired) electrons. The van der Waals surface area contributed by atoms with Gasteiger partial charge < -0.3 is 9.80 Å². The van der Waals surface area contributed by atoms with Crippen molar-refractivity contribution < 1.29 is 4.79 Å². The molecule has 1 aromatic carbocycles. The molecule has 1 N–H and O–H groups in total. The second kappa shape index (κ2) is 6.41. The Morgan fingerprint density at radius 2 is 2.14 bits per heavy atom. The molecule has 2 heterocycles. The third-order valence-corrected chi connectivity index (χ3v) is 4.08. The number of benzene rings is 1. The summed E-state index contributed by atoms with van der Waals surface area (Å²) < 4.78 is 0. The van der Waals surface area contributed by atoms with Crippen LogP contribution in [0.15, 0.2) is 24.3 Å². The van der Waals surface area contributed by atoms with E-state index in [9.17, 15) is 4.79 Å². The lowest BCUT2D eigenvalue weighted by Crippen LogP contribution is -2.50. The fourth-order valence-corrected chi connectivity index (χ4v) is 2.75. The number of piperazine rings is 1. The van der Waals surface area contributed by atoms with Gasteiger partial charge in [0.15, 0.2) is 5.82 Å². The van der Waals surface area contributed by atoms with E-state index >= 15 is 0 Å². The minimum absolute atomic E-state index is 0.0604. The standard InChI is InChI=1S/C14H17ClN6O/c1-20-6-7-21(12(9-20)14-16-18-19-17-14)13(22)8-10-2-4-11(15)5-3-10/h2-5,12H,6-9H2,1H3,(H,16,17,18,19). The zero-order valence-corrected chi connectivity index (χ0v) is 13.0. The van der Waals surface area contributed by atoms with Crippen molar-refractivity contribution in [2.75, 3.05) is 26.7 Å². The van der Waals surface area contributed by atoms with E-state index in [0.717, 1.165) is 12.1 Å². The lowest BCUT2D eigenvalue weighted by Gasteiger charge is -2.38. The predicted molar refractivity (Wildman–Crippen MR) is 81.3 cm³/mol. The number of nitrogens with zero attached hydrogens (tertiary/aromatic N) is 5. The number of halogens is 1. The van der Waals surface area contributed by atoms with E-state index < -0.39 is 0 Å². The van der Waals surface area contributed by atoms with Crippen LogP contribution in [0, 0.1) is 0 Å². The van der Waals surface area contributed by atoms with Gasteiger partial charge in [0.2, 0.25) is 5.91 Å². The van der Waals surface area contributed by atoms with Gasteiger partial charge in [0.1, 0.15) is 6.04 Å². The number of carbonyl (C=O) groups excluding carboxylic acids is 1. The topological polar surface area (TPSA) is 78.0 Å². The minimum atomic E-state index is -0.169. The first-order chi connectivity index (χ1) is 10.6. The van der Waals surface area contributed by atoms with Crippen LogP contribution in [0.2, 0.25) is 5.02 Å². The number of carbonyl (C=O) groups is 1. The first kappa shape index (κ1) is 14.9. The summed E-state index contributed by atoms with van der Waals surface area (Å²) in [6.07, 6.45) is 0.342. The highest BCUT2D eigenvalue weighted by Crippen LogP contribution is 2.22. The van der Waals surface area contributed by atoms with E-state index in [1.165, 1.54) is 0 Å². The smallest absolute Gasteiger partial charge is 0.227 e. The van der Waals surface area contributed by atoms with Crippen LogP contribution < -0.4 is 0 Å². The van der Waals surface area contributed by atoms with Gasteiger partial charge in [-0.3, -0.25) is 4.79 Å². The van der Waals surface area contributed by atoms with Crippen LogP contribution in [0.5, 0.6) is 0 Å². The fraction of sp³-hybridized carbons (Fsp3) is 0.429. The van der Waals surface area contributed by atoms with Gasteiger partial charge in [-0.05, 0) is 24.7 Å². The summed E-state index contributed by atoms with van der Waals surface area (Å²) >= 11 is 5.88. The summed E-state index contributed by atoms with van der Waals surface area (Å²) in [5.41, 5.74) is 0.945. The Bertz CT molecular complexity index is 629. The number of amides is 1. The average Bonchev–Trinajstić information content (AvgIpc) is 3.03. The molecule has 1 fully saturated rings. The molecule has 1 aliphatic heterocycles. The van der Waals surface area contributed by atoms with Crippen LogP contribution in [-0.4, -0.2) is 63.0 Å². The van der Waals surface area contributed by atoms with Crippen LogP contribution >= 0.6 is 11.6 Å². The van der Waals surface area contributed by atoms with E-state index in [0.29, 0.717) is 30.4 Å². The van der Waals surface area contributed by atoms with Gasteiger partial charge in [0, 0.05) is 24.7 Å². The molecule has 1 aromatic heterocycles. The van der Waals surface area contributed by atoms with Gasteiger partial charge in [-0.1, -0.05) is 28.9 Å². The number of likely N-dealkylation sites (N-methyl/N-ethyl adjacent to an activating group) is 1. The second-order valence-corrected chi connectivity index (χ2v) is 5.87. The van der Waals surface area contributed by atoms with Crippen LogP contribution in [0.1, 0.15) is 17.4 Å². The number of H-pyrrole nitrogens is 1.